The summed E-state index contributed by atoms with van der Waals surface area (Å²) in [5.74, 6) is -2.48. The molecule has 0 spiro atoms. The number of benzene rings is 1. The minimum atomic E-state index is -1.05. The summed E-state index contributed by atoms with van der Waals surface area (Å²) in [5, 5.41) is 2.03. The topological polar surface area (TPSA) is 49.4 Å². The van der Waals surface area contributed by atoms with E-state index in [2.05, 4.69) is 6.92 Å². The first-order chi connectivity index (χ1) is 9.49. The SMILES string of the molecule is CC1CCN(C(=O)NC(=O)c2c(F)cccc2F)CC1. The van der Waals surface area contributed by atoms with Crippen LogP contribution in [0.1, 0.15) is 30.1 Å². The summed E-state index contributed by atoms with van der Waals surface area (Å²) in [4.78, 5) is 25.1. The number of carbonyl (C=O) groups is 2. The fraction of sp³-hybridized carbons (Fsp3) is 0.429. The summed E-state index contributed by atoms with van der Waals surface area (Å²) in [6, 6.07) is 2.51. The van der Waals surface area contributed by atoms with Crippen molar-refractivity contribution < 1.29 is 18.4 Å². The molecule has 0 radical (unpaired) electrons. The number of piperidine rings is 1. The van der Waals surface area contributed by atoms with E-state index in [9.17, 15) is 18.4 Å². The quantitative estimate of drug-likeness (QED) is 0.860. The fourth-order valence-electron chi connectivity index (χ4n) is 2.17. The molecule has 1 N–H and O–H groups in total. The molecule has 0 bridgehead atoms. The highest BCUT2D eigenvalue weighted by Crippen LogP contribution is 2.16. The van der Waals surface area contributed by atoms with Gasteiger partial charge in [0, 0.05) is 13.1 Å². The van der Waals surface area contributed by atoms with Crippen molar-refractivity contribution in [3.8, 4) is 0 Å². The van der Waals surface area contributed by atoms with Crippen LogP contribution in [0.2, 0.25) is 0 Å². The minimum Gasteiger partial charge on any atom is -0.324 e. The Labute approximate surface area is 115 Å². The zero-order valence-electron chi connectivity index (χ0n) is 11.2. The molecule has 4 nitrogen and oxygen atoms in total. The number of rotatable bonds is 1. The lowest BCUT2D eigenvalue weighted by Crippen LogP contribution is -2.46. The van der Waals surface area contributed by atoms with Crippen LogP contribution in [0.15, 0.2) is 18.2 Å². The Morgan fingerprint density at radius 1 is 1.20 bits per heavy atom. The molecule has 3 amide bonds. The molecule has 108 valence electrons. The Morgan fingerprint density at radius 2 is 1.75 bits per heavy atom. The first kappa shape index (κ1) is 14.4. The van der Waals surface area contributed by atoms with Gasteiger partial charge in [0.25, 0.3) is 5.91 Å². The third kappa shape index (κ3) is 3.12. The molecule has 2 rings (SSSR count). The second-order valence-corrected chi connectivity index (χ2v) is 5.03. The van der Waals surface area contributed by atoms with Gasteiger partial charge in [-0.05, 0) is 30.9 Å². The van der Waals surface area contributed by atoms with Crippen LogP contribution in [0.3, 0.4) is 0 Å². The highest BCUT2D eigenvalue weighted by atomic mass is 19.1. The fourth-order valence-corrected chi connectivity index (χ4v) is 2.17. The Kier molecular flexibility index (Phi) is 4.32. The number of imide groups is 1. The van der Waals surface area contributed by atoms with Crippen molar-refractivity contribution in [2.45, 2.75) is 19.8 Å². The molecule has 0 atom stereocenters. The molecule has 1 aromatic rings. The van der Waals surface area contributed by atoms with E-state index in [1.54, 1.807) is 0 Å². The zero-order chi connectivity index (χ0) is 14.7. The highest BCUT2D eigenvalue weighted by Gasteiger charge is 2.24. The van der Waals surface area contributed by atoms with Crippen molar-refractivity contribution >= 4 is 11.9 Å². The van der Waals surface area contributed by atoms with E-state index in [0.717, 1.165) is 31.0 Å². The van der Waals surface area contributed by atoms with Gasteiger partial charge in [0.05, 0.1) is 0 Å². The zero-order valence-corrected chi connectivity index (χ0v) is 11.2. The largest absolute Gasteiger partial charge is 0.324 e. The Balaban J connectivity index is 2.03. The minimum absolute atomic E-state index is 0.541. The number of hydrogen-bond acceptors (Lipinski definition) is 2. The monoisotopic (exact) mass is 282 g/mol. The predicted octanol–water partition coefficient (Wildman–Crippen LogP) is 2.55. The van der Waals surface area contributed by atoms with Crippen molar-refractivity contribution in [3.63, 3.8) is 0 Å². The summed E-state index contributed by atoms with van der Waals surface area (Å²) < 4.78 is 26.8. The van der Waals surface area contributed by atoms with Gasteiger partial charge >= 0.3 is 6.03 Å². The van der Waals surface area contributed by atoms with E-state index in [0.29, 0.717) is 19.0 Å². The average Bonchev–Trinajstić information content (AvgIpc) is 2.39. The molecule has 0 unspecified atom stereocenters. The number of likely N-dealkylation sites (tertiary alicyclic amines) is 1. The van der Waals surface area contributed by atoms with Gasteiger partial charge in [-0.25, -0.2) is 13.6 Å². The number of nitrogens with one attached hydrogen (secondary N) is 1. The van der Waals surface area contributed by atoms with E-state index in [4.69, 9.17) is 0 Å². The van der Waals surface area contributed by atoms with Crippen molar-refractivity contribution in [3.05, 3.63) is 35.4 Å². The van der Waals surface area contributed by atoms with E-state index in [1.807, 2.05) is 5.32 Å². The summed E-state index contributed by atoms with van der Waals surface area (Å²) in [6.07, 6.45) is 1.71. The van der Waals surface area contributed by atoms with Gasteiger partial charge in [-0.2, -0.15) is 0 Å². The maximum atomic E-state index is 13.4. The maximum Gasteiger partial charge on any atom is 0.324 e. The first-order valence-electron chi connectivity index (χ1n) is 6.53. The van der Waals surface area contributed by atoms with Crippen LogP contribution < -0.4 is 5.32 Å². The summed E-state index contributed by atoms with van der Waals surface area (Å²) in [6.45, 7) is 3.18. The number of hydrogen-bond donors (Lipinski definition) is 1. The van der Waals surface area contributed by atoms with E-state index in [-0.39, 0.29) is 0 Å². The van der Waals surface area contributed by atoms with Crippen LogP contribution in [0.5, 0.6) is 0 Å². The van der Waals surface area contributed by atoms with Crippen LogP contribution >= 0.6 is 0 Å². The van der Waals surface area contributed by atoms with Gasteiger partial charge in [-0.15, -0.1) is 0 Å². The average molecular weight is 282 g/mol. The molecule has 1 fully saturated rings. The number of nitrogens with zero attached hydrogens (tertiary/aromatic N) is 1. The molecule has 1 aromatic carbocycles. The van der Waals surface area contributed by atoms with Crippen LogP contribution in [0, 0.1) is 17.6 Å². The van der Waals surface area contributed by atoms with Crippen molar-refractivity contribution in [2.75, 3.05) is 13.1 Å². The van der Waals surface area contributed by atoms with Crippen LogP contribution in [-0.4, -0.2) is 29.9 Å². The predicted molar refractivity (Wildman–Crippen MR) is 69.2 cm³/mol. The molecular formula is C14H16F2N2O2. The van der Waals surface area contributed by atoms with Gasteiger partial charge in [0.1, 0.15) is 17.2 Å². The molecule has 1 saturated heterocycles. The van der Waals surface area contributed by atoms with Crippen LogP contribution in [0.25, 0.3) is 0 Å². The molecule has 0 aliphatic carbocycles. The second kappa shape index (κ2) is 5.98. The number of amides is 3. The van der Waals surface area contributed by atoms with Crippen molar-refractivity contribution in [1.82, 2.24) is 10.2 Å². The normalized spacial score (nSPS) is 16.1. The summed E-state index contributed by atoms with van der Waals surface area (Å²) in [5.41, 5.74) is -0.730. The van der Waals surface area contributed by atoms with Gasteiger partial charge < -0.3 is 4.90 Å². The smallest absolute Gasteiger partial charge is 0.324 e. The lowest BCUT2D eigenvalue weighted by atomic mass is 10.00. The number of halogens is 2. The first-order valence-corrected chi connectivity index (χ1v) is 6.53. The van der Waals surface area contributed by atoms with Gasteiger partial charge in [0.2, 0.25) is 0 Å². The lowest BCUT2D eigenvalue weighted by molar-refractivity contribution is 0.0937. The Morgan fingerprint density at radius 3 is 2.30 bits per heavy atom. The van der Waals surface area contributed by atoms with Crippen molar-refractivity contribution in [1.29, 1.82) is 0 Å². The maximum absolute atomic E-state index is 13.4. The molecular weight excluding hydrogens is 266 g/mol. The lowest BCUT2D eigenvalue weighted by Gasteiger charge is -2.30. The molecule has 20 heavy (non-hydrogen) atoms. The second-order valence-electron chi connectivity index (χ2n) is 5.03. The standard InChI is InChI=1S/C14H16F2N2O2/c1-9-5-7-18(8-6-9)14(20)17-13(19)12-10(15)3-2-4-11(12)16/h2-4,9H,5-8H2,1H3,(H,17,19,20). The third-order valence-corrected chi connectivity index (χ3v) is 3.48. The van der Waals surface area contributed by atoms with Gasteiger partial charge in [-0.3, -0.25) is 10.1 Å². The van der Waals surface area contributed by atoms with Crippen molar-refractivity contribution in [2.24, 2.45) is 5.92 Å². The molecule has 0 saturated carbocycles. The highest BCUT2D eigenvalue weighted by molar-refractivity contribution is 6.04. The van der Waals surface area contributed by atoms with E-state index < -0.39 is 29.1 Å². The summed E-state index contributed by atoms with van der Waals surface area (Å²) in [7, 11) is 0. The molecule has 0 aromatic heterocycles. The molecule has 6 heteroatoms. The Bertz CT molecular complexity index is 506. The summed E-state index contributed by atoms with van der Waals surface area (Å²) >= 11 is 0. The van der Waals surface area contributed by atoms with Gasteiger partial charge in [0.15, 0.2) is 0 Å². The molecule has 1 heterocycles. The number of urea groups is 1. The molecule has 1 aliphatic rings. The number of carbonyl (C=O) groups excluding carboxylic acids is 2. The van der Waals surface area contributed by atoms with Crippen LogP contribution in [-0.2, 0) is 0 Å². The molecule has 1 aliphatic heterocycles. The van der Waals surface area contributed by atoms with E-state index in [1.165, 1.54) is 4.90 Å². The van der Waals surface area contributed by atoms with Crippen LogP contribution in [0.4, 0.5) is 13.6 Å². The van der Waals surface area contributed by atoms with Gasteiger partial charge in [-0.1, -0.05) is 13.0 Å². The van der Waals surface area contributed by atoms with E-state index >= 15 is 0 Å². The third-order valence-electron chi connectivity index (χ3n) is 3.48. The Hall–Kier alpha value is -1.98.